The van der Waals surface area contributed by atoms with Crippen molar-refractivity contribution < 1.29 is 28.7 Å². The lowest BCUT2D eigenvalue weighted by atomic mass is 10.1. The molecular formula is C27H21Br2N3O6. The van der Waals surface area contributed by atoms with E-state index in [1.165, 1.54) is 13.2 Å². The number of imide groups is 2. The van der Waals surface area contributed by atoms with Crippen LogP contribution in [0.5, 0.6) is 11.5 Å². The molecule has 1 saturated heterocycles. The highest BCUT2D eigenvalue weighted by atomic mass is 79.9. The Morgan fingerprint density at radius 3 is 2.47 bits per heavy atom. The van der Waals surface area contributed by atoms with Gasteiger partial charge in [-0.15, -0.1) is 0 Å². The molecule has 0 unspecified atom stereocenters. The van der Waals surface area contributed by atoms with Crippen molar-refractivity contribution in [2.75, 3.05) is 23.9 Å². The molecule has 38 heavy (non-hydrogen) atoms. The van der Waals surface area contributed by atoms with E-state index < -0.39 is 17.8 Å². The molecule has 5 amide bonds. The quantitative estimate of drug-likeness (QED) is 0.270. The Kier molecular flexibility index (Phi) is 8.28. The zero-order valence-corrected chi connectivity index (χ0v) is 23.4. The molecule has 9 nitrogen and oxygen atoms in total. The Morgan fingerprint density at radius 1 is 1.05 bits per heavy atom. The molecule has 0 saturated carbocycles. The smallest absolute Gasteiger partial charge is 0.335 e. The van der Waals surface area contributed by atoms with Crippen LogP contribution in [0.4, 0.5) is 16.2 Å². The molecular weight excluding hydrogens is 622 g/mol. The van der Waals surface area contributed by atoms with E-state index >= 15 is 0 Å². The Bertz CT molecular complexity index is 1470. The number of nitrogens with zero attached hydrogens (tertiary/aromatic N) is 1. The molecule has 4 rings (SSSR count). The molecule has 1 heterocycles. The number of halogens is 2. The average Bonchev–Trinajstić information content (AvgIpc) is 2.86. The number of aryl methyl sites for hydroxylation is 1. The molecule has 3 aromatic rings. The summed E-state index contributed by atoms with van der Waals surface area (Å²) >= 11 is 6.71. The van der Waals surface area contributed by atoms with Crippen molar-refractivity contribution in [1.82, 2.24) is 5.32 Å². The van der Waals surface area contributed by atoms with Gasteiger partial charge in [0.1, 0.15) is 5.57 Å². The molecule has 0 radical (unpaired) electrons. The summed E-state index contributed by atoms with van der Waals surface area (Å²) in [4.78, 5) is 51.4. The van der Waals surface area contributed by atoms with E-state index in [9.17, 15) is 19.2 Å². The van der Waals surface area contributed by atoms with Crippen LogP contribution in [-0.4, -0.2) is 37.5 Å². The van der Waals surface area contributed by atoms with Crippen LogP contribution in [0.2, 0.25) is 0 Å². The highest BCUT2D eigenvalue weighted by Gasteiger charge is 2.36. The Balaban J connectivity index is 1.55. The summed E-state index contributed by atoms with van der Waals surface area (Å²) in [5.41, 5.74) is 2.15. The molecule has 11 heteroatoms. The summed E-state index contributed by atoms with van der Waals surface area (Å²) in [5, 5.41) is 4.95. The third-order valence-electron chi connectivity index (χ3n) is 5.40. The van der Waals surface area contributed by atoms with Gasteiger partial charge in [-0.1, -0.05) is 28.1 Å². The van der Waals surface area contributed by atoms with Gasteiger partial charge < -0.3 is 14.8 Å². The second-order valence-electron chi connectivity index (χ2n) is 8.17. The minimum atomic E-state index is -0.842. The Hall–Kier alpha value is -3.96. The van der Waals surface area contributed by atoms with Crippen LogP contribution in [0.15, 0.2) is 75.2 Å². The number of carbonyl (C=O) groups excluding carboxylic acids is 4. The van der Waals surface area contributed by atoms with Gasteiger partial charge >= 0.3 is 6.03 Å². The molecule has 2 N–H and O–H groups in total. The molecule has 0 bridgehead atoms. The van der Waals surface area contributed by atoms with Gasteiger partial charge in [0, 0.05) is 10.2 Å². The first kappa shape index (κ1) is 27.1. The first-order valence-electron chi connectivity index (χ1n) is 11.2. The van der Waals surface area contributed by atoms with Gasteiger partial charge in [-0.2, -0.15) is 0 Å². The Morgan fingerprint density at radius 2 is 1.79 bits per heavy atom. The molecule has 0 atom stereocenters. The fourth-order valence-electron chi connectivity index (χ4n) is 3.67. The van der Waals surface area contributed by atoms with E-state index in [4.69, 9.17) is 9.47 Å². The molecule has 194 valence electrons. The van der Waals surface area contributed by atoms with E-state index in [0.717, 1.165) is 14.9 Å². The van der Waals surface area contributed by atoms with Crippen molar-refractivity contribution in [3.63, 3.8) is 0 Å². The number of ether oxygens (including phenoxy) is 2. The third-order valence-corrected chi connectivity index (χ3v) is 6.52. The number of nitrogens with one attached hydrogen (secondary N) is 2. The van der Waals surface area contributed by atoms with Crippen molar-refractivity contribution in [1.29, 1.82) is 0 Å². The second kappa shape index (κ2) is 11.6. The number of urea groups is 1. The summed E-state index contributed by atoms with van der Waals surface area (Å²) in [6.45, 7) is 1.64. The predicted molar refractivity (Wildman–Crippen MR) is 149 cm³/mol. The van der Waals surface area contributed by atoms with E-state index in [1.54, 1.807) is 42.5 Å². The van der Waals surface area contributed by atoms with Crippen molar-refractivity contribution in [3.8, 4) is 11.5 Å². The monoisotopic (exact) mass is 641 g/mol. The summed E-state index contributed by atoms with van der Waals surface area (Å²) in [6, 6.07) is 16.2. The maximum absolute atomic E-state index is 13.1. The van der Waals surface area contributed by atoms with Gasteiger partial charge in [0.2, 0.25) is 0 Å². The number of amides is 5. The normalized spacial score (nSPS) is 14.4. The van der Waals surface area contributed by atoms with E-state index in [-0.39, 0.29) is 29.6 Å². The van der Waals surface area contributed by atoms with Crippen LogP contribution in [-0.2, 0) is 14.4 Å². The number of methoxy groups -OCH3 is 1. The molecule has 3 aromatic carbocycles. The van der Waals surface area contributed by atoms with Crippen LogP contribution in [0.25, 0.3) is 6.08 Å². The van der Waals surface area contributed by atoms with Crippen molar-refractivity contribution in [3.05, 3.63) is 86.3 Å². The fourth-order valence-corrected chi connectivity index (χ4v) is 4.51. The van der Waals surface area contributed by atoms with Crippen molar-refractivity contribution >= 4 is 73.1 Å². The van der Waals surface area contributed by atoms with Gasteiger partial charge in [-0.3, -0.25) is 19.7 Å². The second-order valence-corrected chi connectivity index (χ2v) is 9.94. The van der Waals surface area contributed by atoms with Crippen LogP contribution in [0, 0.1) is 6.92 Å². The highest BCUT2D eigenvalue weighted by molar-refractivity contribution is 9.10. The SMILES string of the molecule is COc1cc(/C=C2\C(=O)NC(=O)N(c3ccc(Br)cc3)C2=O)cc(Br)c1OCC(=O)Nc1cccc(C)c1. The zero-order valence-electron chi connectivity index (χ0n) is 20.2. The number of rotatable bonds is 7. The summed E-state index contributed by atoms with van der Waals surface area (Å²) < 4.78 is 12.3. The van der Waals surface area contributed by atoms with E-state index in [1.807, 2.05) is 25.1 Å². The molecule has 0 spiro atoms. The number of anilines is 2. The van der Waals surface area contributed by atoms with Crippen molar-refractivity contribution in [2.24, 2.45) is 0 Å². The molecule has 0 aliphatic carbocycles. The Labute approximate surface area is 235 Å². The molecule has 1 aliphatic heterocycles. The number of benzene rings is 3. The van der Waals surface area contributed by atoms with Gasteiger partial charge in [-0.05, 0) is 88.6 Å². The largest absolute Gasteiger partial charge is 0.493 e. The van der Waals surface area contributed by atoms with Crippen LogP contribution in [0.3, 0.4) is 0 Å². The molecule has 1 fully saturated rings. The third kappa shape index (κ3) is 6.12. The van der Waals surface area contributed by atoms with Crippen LogP contribution in [0.1, 0.15) is 11.1 Å². The number of carbonyl (C=O) groups is 4. The number of hydrogen-bond donors (Lipinski definition) is 2. The minimum absolute atomic E-state index is 0.243. The first-order valence-corrected chi connectivity index (χ1v) is 12.8. The summed E-state index contributed by atoms with van der Waals surface area (Å²) in [6.07, 6.45) is 1.34. The topological polar surface area (TPSA) is 114 Å². The maximum Gasteiger partial charge on any atom is 0.335 e. The lowest BCUT2D eigenvalue weighted by Crippen LogP contribution is -2.54. The van der Waals surface area contributed by atoms with Crippen LogP contribution >= 0.6 is 31.9 Å². The number of hydrogen-bond acceptors (Lipinski definition) is 6. The highest BCUT2D eigenvalue weighted by Crippen LogP contribution is 2.37. The molecule has 0 aromatic heterocycles. The average molecular weight is 643 g/mol. The lowest BCUT2D eigenvalue weighted by molar-refractivity contribution is -0.122. The summed E-state index contributed by atoms with van der Waals surface area (Å²) in [7, 11) is 1.42. The first-order chi connectivity index (χ1) is 18.2. The van der Waals surface area contributed by atoms with Crippen LogP contribution < -0.4 is 25.0 Å². The van der Waals surface area contributed by atoms with E-state index in [0.29, 0.717) is 21.4 Å². The van der Waals surface area contributed by atoms with Crippen molar-refractivity contribution in [2.45, 2.75) is 6.92 Å². The van der Waals surface area contributed by atoms with Gasteiger partial charge in [0.25, 0.3) is 17.7 Å². The van der Waals surface area contributed by atoms with Gasteiger partial charge in [0.05, 0.1) is 17.3 Å². The fraction of sp³-hybridized carbons (Fsp3) is 0.111. The van der Waals surface area contributed by atoms with Gasteiger partial charge in [0.15, 0.2) is 18.1 Å². The molecule has 1 aliphatic rings. The minimum Gasteiger partial charge on any atom is -0.493 e. The standard InChI is InChI=1S/C27H21Br2N3O6/c1-15-4-3-5-18(10-15)30-23(33)14-38-24-21(29)12-16(13-22(24)37-2)11-20-25(34)31-27(36)32(26(20)35)19-8-6-17(28)7-9-19/h3-13H,14H2,1-2H3,(H,30,33)(H,31,34,36)/b20-11+. The number of barbiturate groups is 1. The predicted octanol–water partition coefficient (Wildman–Crippen LogP) is 5.21. The summed E-state index contributed by atoms with van der Waals surface area (Å²) in [5.74, 6) is -1.43. The van der Waals surface area contributed by atoms with E-state index in [2.05, 4.69) is 42.5 Å². The zero-order chi connectivity index (χ0) is 27.4. The van der Waals surface area contributed by atoms with Gasteiger partial charge in [-0.25, -0.2) is 9.69 Å². The maximum atomic E-state index is 13.1. The lowest BCUT2D eigenvalue weighted by Gasteiger charge is -2.26.